The van der Waals surface area contributed by atoms with Gasteiger partial charge < -0.3 is 37.9 Å². The normalized spacial score (nSPS) is 13.9. The highest BCUT2D eigenvalue weighted by Crippen LogP contribution is 2.62. The van der Waals surface area contributed by atoms with Gasteiger partial charge in [0.05, 0.1) is 60.2 Å². The van der Waals surface area contributed by atoms with Crippen LogP contribution in [0.4, 0.5) is 0 Å². The Morgan fingerprint density at radius 1 is 0.276 bits per heavy atom. The average Bonchev–Trinajstić information content (AvgIpc) is 1.59. The molecule has 0 amide bonds. The maximum absolute atomic E-state index is 6.74. The van der Waals surface area contributed by atoms with Gasteiger partial charge in [0.15, 0.2) is 46.0 Å². The lowest BCUT2D eigenvalue weighted by atomic mass is 9.95. The Bertz CT molecular complexity index is 3810. The molecule has 0 N–H and O–H groups in total. The van der Waals surface area contributed by atoms with Crippen molar-refractivity contribution in [3.8, 4) is 128 Å². The number of unbranched alkanes of at least 4 members (excludes halogenated alkanes) is 20. The van der Waals surface area contributed by atoms with Gasteiger partial charge in [-0.15, -0.1) is 68.0 Å². The quantitative estimate of drug-likeness (QED) is 0.0353. The number of ether oxygens (including phenoxy) is 8. The molecule has 8 aromatic heterocycles. The summed E-state index contributed by atoms with van der Waals surface area (Å²) in [5, 5.41) is 0. The molecule has 10 nitrogen and oxygen atoms in total. The van der Waals surface area contributed by atoms with E-state index in [9.17, 15) is 0 Å². The Morgan fingerprint density at radius 2 is 0.541 bits per heavy atom. The second kappa shape index (κ2) is 34.7. The maximum Gasteiger partial charge on any atom is 0.181 e. The number of hydrogen-bond donors (Lipinski definition) is 0. The van der Waals surface area contributed by atoms with Gasteiger partial charge in [0, 0.05) is 44.4 Å². The van der Waals surface area contributed by atoms with Crippen LogP contribution in [0.1, 0.15) is 214 Å². The van der Waals surface area contributed by atoms with E-state index in [4.69, 9.17) is 47.9 Å². The lowest BCUT2D eigenvalue weighted by molar-refractivity contribution is 0.173. The van der Waals surface area contributed by atoms with Gasteiger partial charge in [0.2, 0.25) is 0 Å². The summed E-state index contributed by atoms with van der Waals surface area (Å²) in [5.74, 6) is 7.07. The Hall–Kier alpha value is -5.88. The maximum atomic E-state index is 6.74. The predicted octanol–water partition coefficient (Wildman–Crippen LogP) is 25.5. The highest BCUT2D eigenvalue weighted by Gasteiger charge is 2.36. The van der Waals surface area contributed by atoms with Gasteiger partial charge in [0.1, 0.15) is 52.9 Å². The fourth-order valence-electron chi connectivity index (χ4n) is 14.4. The first-order valence-electron chi connectivity index (χ1n) is 37.3. The van der Waals surface area contributed by atoms with Crippen molar-refractivity contribution in [3.05, 3.63) is 92.9 Å². The van der Waals surface area contributed by atoms with Crippen LogP contribution in [-0.4, -0.2) is 62.8 Å². The molecule has 13 rings (SSSR count). The SMILES string of the molecule is CCCCCCCCc1c(-c2sc(C)c3c2OCCO3)sc(-c2sc(-c3ccc(-c4cccc(-c5ccc(-c6sc(-c7sc(-c8sc(C)c9c8OCCO9)c(CCCCCCCC)c7CCCCCCCC)c7c6OCCO7)cn5)c4)nc3)c3c2OCCO3)c1CCCCCCCC. The lowest BCUT2D eigenvalue weighted by Gasteiger charge is -2.17. The number of benzene rings is 1. The number of nitrogens with zero attached hydrogens (tertiary/aromatic N) is 2. The van der Waals surface area contributed by atoms with E-state index in [0.717, 1.165) is 138 Å². The first-order valence-corrected chi connectivity index (χ1v) is 42.2. The van der Waals surface area contributed by atoms with Gasteiger partial charge in [-0.3, -0.25) is 9.97 Å². The summed E-state index contributed by atoms with van der Waals surface area (Å²) in [6.45, 7) is 17.9. The summed E-state index contributed by atoms with van der Waals surface area (Å²) in [7, 11) is 0. The largest absolute Gasteiger partial charge is 0.485 e. The smallest absolute Gasteiger partial charge is 0.181 e. The van der Waals surface area contributed by atoms with Crippen molar-refractivity contribution >= 4 is 68.0 Å². The molecule has 522 valence electrons. The molecule has 0 saturated heterocycles. The third-order valence-corrected chi connectivity index (χ3v) is 27.4. The number of pyridine rings is 2. The van der Waals surface area contributed by atoms with Gasteiger partial charge in [-0.2, -0.15) is 0 Å². The van der Waals surface area contributed by atoms with E-state index in [0.29, 0.717) is 52.9 Å². The highest BCUT2D eigenvalue weighted by molar-refractivity contribution is 7.29. The number of fused-ring (bicyclic) bond motifs is 4. The number of aromatic nitrogens is 2. The first-order chi connectivity index (χ1) is 48.3. The molecule has 0 saturated carbocycles. The molecule has 9 aromatic rings. The minimum atomic E-state index is 0.505. The Labute approximate surface area is 606 Å². The summed E-state index contributed by atoms with van der Waals surface area (Å²) in [6, 6.07) is 17.4. The molecule has 0 fully saturated rings. The fourth-order valence-corrected chi connectivity index (χ4v) is 22.3. The standard InChI is InChI=1S/C82H100N2O8S6/c1-7-11-15-19-23-27-34-59-61(36-29-25-21-17-13-9-3)77(97-75(59)79-67-65(53(5)93-79)85-42-44-87-67)81-71-69(89-46-48-91-71)73(95-81)57-38-40-63(83-51-57)55-32-31-33-56(50-55)64-41-39-58(52-84-64)74-70-72(92-49-47-90-70)82(96-74)78-62(37-30-26-22-18-14-10-4)60(35-28-24-20-16-12-8-2)76(98-78)80-68-66(54(6)94-80)86-43-45-88-68/h31-33,38-41,50-52H,7-30,34-37,42-49H2,1-6H3. The minimum Gasteiger partial charge on any atom is -0.485 e. The molecule has 0 bridgehead atoms. The molecule has 0 aliphatic carbocycles. The van der Waals surface area contributed by atoms with Crippen LogP contribution in [0, 0.1) is 13.8 Å². The van der Waals surface area contributed by atoms with E-state index < -0.39 is 0 Å². The molecule has 98 heavy (non-hydrogen) atoms. The topological polar surface area (TPSA) is 99.6 Å². The minimum absolute atomic E-state index is 0.505. The number of rotatable bonds is 36. The van der Waals surface area contributed by atoms with E-state index in [1.165, 1.54) is 203 Å². The van der Waals surface area contributed by atoms with Gasteiger partial charge >= 0.3 is 0 Å². The number of hydrogen-bond acceptors (Lipinski definition) is 16. The number of aryl methyl sites for hydroxylation is 2. The van der Waals surface area contributed by atoms with Gasteiger partial charge in [-0.25, -0.2) is 0 Å². The van der Waals surface area contributed by atoms with Crippen molar-refractivity contribution in [1.82, 2.24) is 9.97 Å². The Balaban J connectivity index is 0.794. The molecular weight excluding hydrogens is 1330 g/mol. The molecule has 0 radical (unpaired) electrons. The number of thiophene rings is 6. The van der Waals surface area contributed by atoms with E-state index in [1.54, 1.807) is 22.7 Å². The van der Waals surface area contributed by atoms with Crippen LogP contribution in [0.3, 0.4) is 0 Å². The highest BCUT2D eigenvalue weighted by atomic mass is 32.1. The molecular formula is C82H100N2O8S6. The molecule has 4 aliphatic heterocycles. The average molecular weight is 1430 g/mol. The Morgan fingerprint density at radius 3 is 0.847 bits per heavy atom. The monoisotopic (exact) mass is 1430 g/mol. The van der Waals surface area contributed by atoms with Crippen molar-refractivity contribution in [2.75, 3.05) is 52.9 Å². The van der Waals surface area contributed by atoms with Gasteiger partial charge in [-0.1, -0.05) is 174 Å². The first kappa shape index (κ1) is 70.6. The summed E-state index contributed by atoms with van der Waals surface area (Å²) in [5.41, 5.74) is 11.8. The zero-order valence-corrected chi connectivity index (χ0v) is 63.7. The van der Waals surface area contributed by atoms with Crippen molar-refractivity contribution in [2.45, 2.75) is 221 Å². The van der Waals surface area contributed by atoms with Crippen LogP contribution in [0.25, 0.3) is 82.4 Å². The third kappa shape index (κ3) is 15.9. The zero-order chi connectivity index (χ0) is 67.2. The molecule has 0 atom stereocenters. The van der Waals surface area contributed by atoms with Crippen molar-refractivity contribution in [2.24, 2.45) is 0 Å². The zero-order valence-electron chi connectivity index (χ0n) is 58.8. The van der Waals surface area contributed by atoms with Crippen LogP contribution in [-0.2, 0) is 25.7 Å². The van der Waals surface area contributed by atoms with Gasteiger partial charge in [0.25, 0.3) is 0 Å². The van der Waals surface area contributed by atoms with Crippen LogP contribution in [0.5, 0.6) is 46.0 Å². The fraction of sp³-hybridized carbons (Fsp3) is 0.512. The van der Waals surface area contributed by atoms with E-state index in [1.807, 2.05) is 57.7 Å². The summed E-state index contributed by atoms with van der Waals surface area (Å²) in [4.78, 5) is 25.0. The lowest BCUT2D eigenvalue weighted by Crippen LogP contribution is -2.14. The van der Waals surface area contributed by atoms with E-state index >= 15 is 0 Å². The van der Waals surface area contributed by atoms with Crippen LogP contribution in [0.2, 0.25) is 0 Å². The van der Waals surface area contributed by atoms with Crippen molar-refractivity contribution in [1.29, 1.82) is 0 Å². The molecule has 12 heterocycles. The van der Waals surface area contributed by atoms with Crippen molar-refractivity contribution in [3.63, 3.8) is 0 Å². The molecule has 4 aliphatic rings. The summed E-state index contributed by atoms with van der Waals surface area (Å²) < 4.78 is 52.4. The molecule has 16 heteroatoms. The van der Waals surface area contributed by atoms with Gasteiger partial charge in [-0.05, 0) is 118 Å². The van der Waals surface area contributed by atoms with Crippen LogP contribution >= 0.6 is 68.0 Å². The summed E-state index contributed by atoms with van der Waals surface area (Å²) in [6.07, 6.45) is 38.4. The van der Waals surface area contributed by atoms with Crippen LogP contribution in [0.15, 0.2) is 60.9 Å². The summed E-state index contributed by atoms with van der Waals surface area (Å²) >= 11 is 11.1. The molecule has 1 aromatic carbocycles. The predicted molar refractivity (Wildman–Crippen MR) is 415 cm³/mol. The molecule has 0 spiro atoms. The van der Waals surface area contributed by atoms with Crippen molar-refractivity contribution < 1.29 is 37.9 Å². The van der Waals surface area contributed by atoms with E-state index in [2.05, 4.69) is 90.1 Å². The van der Waals surface area contributed by atoms with E-state index in [-0.39, 0.29) is 0 Å². The third-order valence-electron chi connectivity index (χ3n) is 19.6. The second-order valence-corrected chi connectivity index (χ2v) is 33.4. The Kier molecular flexibility index (Phi) is 25.0. The van der Waals surface area contributed by atoms with Crippen LogP contribution < -0.4 is 37.9 Å². The second-order valence-electron chi connectivity index (χ2n) is 26.9. The molecule has 0 unspecified atom stereocenters.